The van der Waals surface area contributed by atoms with Gasteiger partial charge in [0.25, 0.3) is 0 Å². The van der Waals surface area contributed by atoms with Crippen molar-refractivity contribution in [2.45, 2.75) is 20.3 Å². The second-order valence-corrected chi connectivity index (χ2v) is 4.51. The Morgan fingerprint density at radius 2 is 2.15 bits per heavy atom. The summed E-state index contributed by atoms with van der Waals surface area (Å²) in [4.78, 5) is 16.3. The first-order valence-electron chi connectivity index (χ1n) is 6.39. The Bertz CT molecular complexity index is 487. The predicted octanol–water partition coefficient (Wildman–Crippen LogP) is 2.40. The largest absolute Gasteiger partial charge is 0.493 e. The van der Waals surface area contributed by atoms with Gasteiger partial charge in [0.1, 0.15) is 0 Å². The SMILES string of the molecule is C=CC(C)(Cc1nccc(OC)c1OC)C(=O)OCC. The van der Waals surface area contributed by atoms with Gasteiger partial charge in [-0.2, -0.15) is 0 Å². The summed E-state index contributed by atoms with van der Waals surface area (Å²) in [7, 11) is 3.10. The molecule has 0 radical (unpaired) electrons. The van der Waals surface area contributed by atoms with Crippen molar-refractivity contribution in [3.63, 3.8) is 0 Å². The molecular weight excluding hydrogens is 258 g/mol. The first-order chi connectivity index (χ1) is 9.52. The molecule has 0 spiro atoms. The Balaban J connectivity index is 3.12. The monoisotopic (exact) mass is 279 g/mol. The summed E-state index contributed by atoms with van der Waals surface area (Å²) in [5.41, 5.74) is -0.231. The molecule has 0 bridgehead atoms. The van der Waals surface area contributed by atoms with Crippen LogP contribution in [0.3, 0.4) is 0 Å². The van der Waals surface area contributed by atoms with E-state index in [0.29, 0.717) is 30.2 Å². The van der Waals surface area contributed by atoms with Gasteiger partial charge in [-0.25, -0.2) is 0 Å². The Kier molecular flexibility index (Phi) is 5.55. The van der Waals surface area contributed by atoms with Crippen LogP contribution in [0.5, 0.6) is 11.5 Å². The fraction of sp³-hybridized carbons (Fsp3) is 0.467. The minimum atomic E-state index is -0.858. The maximum absolute atomic E-state index is 12.1. The van der Waals surface area contributed by atoms with Gasteiger partial charge in [-0.15, -0.1) is 6.58 Å². The van der Waals surface area contributed by atoms with Crippen LogP contribution in [0.15, 0.2) is 24.9 Å². The van der Waals surface area contributed by atoms with Gasteiger partial charge in [-0.05, 0) is 13.8 Å². The first-order valence-corrected chi connectivity index (χ1v) is 6.39. The molecule has 1 unspecified atom stereocenters. The van der Waals surface area contributed by atoms with Crippen molar-refractivity contribution in [2.24, 2.45) is 5.41 Å². The van der Waals surface area contributed by atoms with Crippen LogP contribution in [0.1, 0.15) is 19.5 Å². The van der Waals surface area contributed by atoms with Crippen LogP contribution in [0.25, 0.3) is 0 Å². The number of pyridine rings is 1. The molecule has 1 atom stereocenters. The van der Waals surface area contributed by atoms with Gasteiger partial charge >= 0.3 is 5.97 Å². The smallest absolute Gasteiger partial charge is 0.316 e. The number of esters is 1. The predicted molar refractivity (Wildman–Crippen MR) is 76.0 cm³/mol. The molecule has 0 aromatic carbocycles. The summed E-state index contributed by atoms with van der Waals surface area (Å²) in [5, 5.41) is 0. The van der Waals surface area contributed by atoms with Crippen molar-refractivity contribution in [1.29, 1.82) is 0 Å². The van der Waals surface area contributed by atoms with E-state index in [-0.39, 0.29) is 5.97 Å². The van der Waals surface area contributed by atoms with Crippen molar-refractivity contribution in [3.05, 3.63) is 30.6 Å². The van der Waals surface area contributed by atoms with Crippen LogP contribution in [0.2, 0.25) is 0 Å². The second kappa shape index (κ2) is 6.93. The van der Waals surface area contributed by atoms with Crippen molar-refractivity contribution >= 4 is 5.97 Å². The van der Waals surface area contributed by atoms with Gasteiger partial charge in [-0.3, -0.25) is 9.78 Å². The number of rotatable bonds is 7. The molecule has 0 fully saturated rings. The maximum Gasteiger partial charge on any atom is 0.316 e. The Hall–Kier alpha value is -2.04. The molecule has 0 N–H and O–H groups in total. The lowest BCUT2D eigenvalue weighted by atomic mass is 9.85. The standard InChI is InChI=1S/C15H21NO4/c1-6-15(3,14(17)20-7-2)10-11-13(19-5)12(18-4)8-9-16-11/h6,8-9H,1,7,10H2,2-5H3. The molecule has 5 nitrogen and oxygen atoms in total. The Morgan fingerprint density at radius 3 is 2.65 bits per heavy atom. The highest BCUT2D eigenvalue weighted by molar-refractivity contribution is 5.79. The van der Waals surface area contributed by atoms with E-state index in [1.165, 1.54) is 0 Å². The van der Waals surface area contributed by atoms with E-state index in [1.54, 1.807) is 46.4 Å². The summed E-state index contributed by atoms with van der Waals surface area (Å²) < 4.78 is 15.6. The van der Waals surface area contributed by atoms with Crippen LogP contribution in [-0.2, 0) is 16.0 Å². The van der Waals surface area contributed by atoms with Crippen LogP contribution in [0, 0.1) is 5.41 Å². The molecule has 0 amide bonds. The van der Waals surface area contributed by atoms with E-state index in [4.69, 9.17) is 14.2 Å². The highest BCUT2D eigenvalue weighted by Crippen LogP contribution is 2.34. The molecule has 0 aliphatic carbocycles. The van der Waals surface area contributed by atoms with Gasteiger partial charge in [0.2, 0.25) is 0 Å². The third-order valence-electron chi connectivity index (χ3n) is 3.09. The molecule has 0 aliphatic rings. The minimum Gasteiger partial charge on any atom is -0.493 e. The minimum absolute atomic E-state index is 0.324. The zero-order chi connectivity index (χ0) is 15.2. The summed E-state index contributed by atoms with van der Waals surface area (Å²) >= 11 is 0. The lowest BCUT2D eigenvalue weighted by Crippen LogP contribution is -2.30. The number of ether oxygens (including phenoxy) is 3. The van der Waals surface area contributed by atoms with E-state index < -0.39 is 5.41 Å². The normalized spacial score (nSPS) is 13.2. The number of hydrogen-bond acceptors (Lipinski definition) is 5. The van der Waals surface area contributed by atoms with E-state index in [2.05, 4.69) is 11.6 Å². The topological polar surface area (TPSA) is 57.7 Å². The first kappa shape index (κ1) is 16.0. The summed E-state index contributed by atoms with van der Waals surface area (Å²) in [5.74, 6) is 0.766. The molecule has 5 heteroatoms. The summed E-state index contributed by atoms with van der Waals surface area (Å²) in [6.45, 7) is 7.59. The molecule has 1 rings (SSSR count). The molecule has 0 saturated heterocycles. The zero-order valence-corrected chi connectivity index (χ0v) is 12.4. The van der Waals surface area contributed by atoms with Crippen molar-refractivity contribution in [1.82, 2.24) is 4.98 Å². The number of aromatic nitrogens is 1. The molecule has 110 valence electrons. The third kappa shape index (κ3) is 3.29. The highest BCUT2D eigenvalue weighted by atomic mass is 16.5. The van der Waals surface area contributed by atoms with Crippen molar-refractivity contribution < 1.29 is 19.0 Å². The van der Waals surface area contributed by atoms with E-state index >= 15 is 0 Å². The van der Waals surface area contributed by atoms with Crippen LogP contribution in [0.4, 0.5) is 0 Å². The number of hydrogen-bond donors (Lipinski definition) is 0. The van der Waals surface area contributed by atoms with Gasteiger partial charge in [0.15, 0.2) is 11.5 Å². The number of methoxy groups -OCH3 is 2. The molecular formula is C15H21NO4. The van der Waals surface area contributed by atoms with Gasteiger partial charge in [0.05, 0.1) is 31.9 Å². The van der Waals surface area contributed by atoms with E-state index in [1.807, 2.05) is 0 Å². The van der Waals surface area contributed by atoms with E-state index in [0.717, 1.165) is 0 Å². The highest BCUT2D eigenvalue weighted by Gasteiger charge is 2.33. The van der Waals surface area contributed by atoms with Crippen LogP contribution < -0.4 is 9.47 Å². The Morgan fingerprint density at radius 1 is 1.45 bits per heavy atom. The quantitative estimate of drug-likeness (QED) is 0.566. The van der Waals surface area contributed by atoms with Crippen LogP contribution in [-0.4, -0.2) is 31.8 Å². The van der Waals surface area contributed by atoms with Crippen molar-refractivity contribution in [3.8, 4) is 11.5 Å². The fourth-order valence-electron chi connectivity index (χ4n) is 1.85. The number of carbonyl (C=O) groups excluding carboxylic acids is 1. The van der Waals surface area contributed by atoms with Crippen LogP contribution >= 0.6 is 0 Å². The molecule has 20 heavy (non-hydrogen) atoms. The summed E-state index contributed by atoms with van der Waals surface area (Å²) in [6.07, 6.45) is 3.52. The second-order valence-electron chi connectivity index (χ2n) is 4.51. The Labute approximate surface area is 119 Å². The van der Waals surface area contributed by atoms with Gasteiger partial charge < -0.3 is 14.2 Å². The van der Waals surface area contributed by atoms with Gasteiger partial charge in [-0.1, -0.05) is 6.08 Å². The van der Waals surface area contributed by atoms with Crippen molar-refractivity contribution in [2.75, 3.05) is 20.8 Å². The van der Waals surface area contributed by atoms with E-state index in [9.17, 15) is 4.79 Å². The average Bonchev–Trinajstić information content (AvgIpc) is 2.46. The number of nitrogens with zero attached hydrogens (tertiary/aromatic N) is 1. The zero-order valence-electron chi connectivity index (χ0n) is 12.4. The molecule has 0 saturated carbocycles. The average molecular weight is 279 g/mol. The lowest BCUT2D eigenvalue weighted by molar-refractivity contribution is -0.151. The lowest BCUT2D eigenvalue weighted by Gasteiger charge is -2.24. The summed E-state index contributed by atoms with van der Waals surface area (Å²) in [6, 6.07) is 1.71. The van der Waals surface area contributed by atoms with Gasteiger partial charge in [0, 0.05) is 18.7 Å². The molecule has 1 aromatic rings. The molecule has 1 aromatic heterocycles. The number of carbonyl (C=O) groups is 1. The third-order valence-corrected chi connectivity index (χ3v) is 3.09. The molecule has 1 heterocycles. The maximum atomic E-state index is 12.1. The fourth-order valence-corrected chi connectivity index (χ4v) is 1.85. The molecule has 0 aliphatic heterocycles.